The van der Waals surface area contributed by atoms with Crippen molar-refractivity contribution in [2.75, 3.05) is 49.2 Å². The van der Waals surface area contributed by atoms with E-state index < -0.39 is 0 Å². The zero-order valence-electron chi connectivity index (χ0n) is 11.2. The molecule has 0 unspecified atom stereocenters. The Morgan fingerprint density at radius 1 is 1.00 bits per heavy atom. The van der Waals surface area contributed by atoms with Crippen molar-refractivity contribution in [3.05, 3.63) is 10.2 Å². The van der Waals surface area contributed by atoms with Crippen LogP contribution in [0.5, 0.6) is 0 Å². The highest BCUT2D eigenvalue weighted by atomic mass is 79.9. The molecule has 1 aromatic rings. The molecule has 5 nitrogen and oxygen atoms in total. The Kier molecular flexibility index (Phi) is 3.88. The van der Waals surface area contributed by atoms with E-state index in [1.165, 1.54) is 12.8 Å². The summed E-state index contributed by atoms with van der Waals surface area (Å²) in [5.41, 5.74) is 1.01. The lowest BCUT2D eigenvalue weighted by Crippen LogP contribution is -2.37. The number of morpholine rings is 1. The molecule has 1 aromatic heterocycles. The average Bonchev–Trinajstić information content (AvgIpc) is 2.97. The van der Waals surface area contributed by atoms with Crippen molar-refractivity contribution in [1.82, 2.24) is 9.97 Å². The van der Waals surface area contributed by atoms with Gasteiger partial charge in [-0.05, 0) is 35.7 Å². The number of halogens is 1. The molecular formula is C13H19BrN4O. The Morgan fingerprint density at radius 2 is 1.68 bits per heavy atom. The van der Waals surface area contributed by atoms with Crippen LogP contribution in [0.4, 0.5) is 11.8 Å². The van der Waals surface area contributed by atoms with Crippen LogP contribution in [0.2, 0.25) is 0 Å². The van der Waals surface area contributed by atoms with Gasteiger partial charge in [-0.2, -0.15) is 4.98 Å². The van der Waals surface area contributed by atoms with E-state index in [1.54, 1.807) is 0 Å². The van der Waals surface area contributed by atoms with E-state index in [9.17, 15) is 0 Å². The van der Waals surface area contributed by atoms with Crippen LogP contribution in [0.15, 0.2) is 4.47 Å². The summed E-state index contributed by atoms with van der Waals surface area (Å²) in [6.45, 7) is 7.52. The highest BCUT2D eigenvalue weighted by Crippen LogP contribution is 2.30. The summed E-state index contributed by atoms with van der Waals surface area (Å²) in [5.74, 6) is 1.89. The zero-order chi connectivity index (χ0) is 13.2. The third kappa shape index (κ3) is 2.69. The van der Waals surface area contributed by atoms with Gasteiger partial charge in [0, 0.05) is 26.2 Å². The second-order valence-corrected chi connectivity index (χ2v) is 5.83. The van der Waals surface area contributed by atoms with Gasteiger partial charge >= 0.3 is 0 Å². The maximum atomic E-state index is 5.41. The lowest BCUT2D eigenvalue weighted by Gasteiger charge is -2.29. The first-order chi connectivity index (χ1) is 9.25. The summed E-state index contributed by atoms with van der Waals surface area (Å²) in [5, 5.41) is 0. The molecule has 0 bridgehead atoms. The number of anilines is 2. The molecule has 0 amide bonds. The van der Waals surface area contributed by atoms with Crippen LogP contribution in [0, 0.1) is 6.92 Å². The molecule has 3 heterocycles. The van der Waals surface area contributed by atoms with Crippen LogP contribution in [-0.4, -0.2) is 49.4 Å². The quantitative estimate of drug-likeness (QED) is 0.831. The molecule has 104 valence electrons. The minimum Gasteiger partial charge on any atom is -0.378 e. The number of ether oxygens (including phenoxy) is 1. The van der Waals surface area contributed by atoms with Crippen molar-refractivity contribution in [3.8, 4) is 0 Å². The van der Waals surface area contributed by atoms with Crippen molar-refractivity contribution in [2.45, 2.75) is 19.8 Å². The zero-order valence-corrected chi connectivity index (χ0v) is 12.8. The number of hydrogen-bond acceptors (Lipinski definition) is 5. The topological polar surface area (TPSA) is 41.5 Å². The predicted molar refractivity (Wildman–Crippen MR) is 78.9 cm³/mol. The molecule has 3 rings (SSSR count). The number of nitrogens with zero attached hydrogens (tertiary/aromatic N) is 4. The summed E-state index contributed by atoms with van der Waals surface area (Å²) >= 11 is 3.63. The Hall–Kier alpha value is -0.880. The van der Waals surface area contributed by atoms with Crippen molar-refractivity contribution >= 4 is 27.7 Å². The monoisotopic (exact) mass is 326 g/mol. The van der Waals surface area contributed by atoms with Crippen LogP contribution in [-0.2, 0) is 4.74 Å². The number of aryl methyl sites for hydroxylation is 1. The molecule has 2 fully saturated rings. The van der Waals surface area contributed by atoms with Crippen LogP contribution in [0.25, 0.3) is 0 Å². The van der Waals surface area contributed by atoms with Gasteiger partial charge in [0.05, 0.1) is 23.4 Å². The number of aromatic nitrogens is 2. The smallest absolute Gasteiger partial charge is 0.227 e. The number of rotatable bonds is 2. The van der Waals surface area contributed by atoms with Gasteiger partial charge in [-0.3, -0.25) is 0 Å². The summed E-state index contributed by atoms with van der Waals surface area (Å²) in [7, 11) is 0. The second kappa shape index (κ2) is 5.63. The van der Waals surface area contributed by atoms with Gasteiger partial charge in [0.15, 0.2) is 0 Å². The van der Waals surface area contributed by atoms with E-state index in [0.29, 0.717) is 0 Å². The van der Waals surface area contributed by atoms with E-state index in [2.05, 4.69) is 30.7 Å². The fraction of sp³-hybridized carbons (Fsp3) is 0.692. The van der Waals surface area contributed by atoms with Crippen molar-refractivity contribution < 1.29 is 4.74 Å². The molecule has 0 radical (unpaired) electrons. The van der Waals surface area contributed by atoms with Crippen LogP contribution in [0.3, 0.4) is 0 Å². The number of hydrogen-bond donors (Lipinski definition) is 0. The third-order valence-corrected chi connectivity index (χ3v) is 4.62. The Labute approximate surface area is 122 Å². The van der Waals surface area contributed by atoms with Gasteiger partial charge in [0.25, 0.3) is 0 Å². The molecule has 0 N–H and O–H groups in total. The van der Waals surface area contributed by atoms with Gasteiger partial charge in [-0.15, -0.1) is 0 Å². The molecular weight excluding hydrogens is 308 g/mol. The van der Waals surface area contributed by atoms with Gasteiger partial charge < -0.3 is 14.5 Å². The van der Waals surface area contributed by atoms with Crippen LogP contribution >= 0.6 is 15.9 Å². The lowest BCUT2D eigenvalue weighted by molar-refractivity contribution is 0.122. The van der Waals surface area contributed by atoms with E-state index >= 15 is 0 Å². The normalized spacial score (nSPS) is 20.1. The van der Waals surface area contributed by atoms with E-state index in [1.807, 2.05) is 6.92 Å². The second-order valence-electron chi connectivity index (χ2n) is 5.04. The molecule has 0 saturated carbocycles. The molecule has 2 aliphatic heterocycles. The maximum Gasteiger partial charge on any atom is 0.227 e. The average molecular weight is 327 g/mol. The standard InChI is InChI=1S/C13H19BrN4O/c1-10-11(14)12(17-6-8-19-9-7-17)16-13(15-10)18-4-2-3-5-18/h2-9H2,1H3. The van der Waals surface area contributed by atoms with Gasteiger partial charge in [-0.1, -0.05) is 0 Å². The van der Waals surface area contributed by atoms with Crippen molar-refractivity contribution in [1.29, 1.82) is 0 Å². The van der Waals surface area contributed by atoms with Gasteiger partial charge in [0.2, 0.25) is 5.95 Å². The summed E-state index contributed by atoms with van der Waals surface area (Å²) in [4.78, 5) is 14.0. The first-order valence-electron chi connectivity index (χ1n) is 6.87. The minimum atomic E-state index is 0.772. The fourth-order valence-corrected chi connectivity index (χ4v) is 3.00. The summed E-state index contributed by atoms with van der Waals surface area (Å²) < 4.78 is 6.42. The molecule has 0 spiro atoms. The predicted octanol–water partition coefficient (Wildman–Crippen LogP) is 1.98. The van der Waals surface area contributed by atoms with E-state index in [0.717, 1.165) is 61.3 Å². The maximum absolute atomic E-state index is 5.41. The summed E-state index contributed by atoms with van der Waals surface area (Å²) in [6, 6.07) is 0. The Bertz CT molecular complexity index is 456. The molecule has 0 atom stereocenters. The highest BCUT2D eigenvalue weighted by molar-refractivity contribution is 9.10. The SMILES string of the molecule is Cc1nc(N2CCCC2)nc(N2CCOCC2)c1Br. The molecule has 0 aromatic carbocycles. The largest absolute Gasteiger partial charge is 0.378 e. The van der Waals surface area contributed by atoms with Crippen LogP contribution < -0.4 is 9.80 Å². The van der Waals surface area contributed by atoms with Crippen molar-refractivity contribution in [3.63, 3.8) is 0 Å². The first kappa shape index (κ1) is 13.1. The minimum absolute atomic E-state index is 0.772. The first-order valence-corrected chi connectivity index (χ1v) is 7.67. The Balaban J connectivity index is 1.92. The van der Waals surface area contributed by atoms with Gasteiger partial charge in [-0.25, -0.2) is 4.98 Å². The molecule has 2 aliphatic rings. The third-order valence-electron chi connectivity index (χ3n) is 3.69. The Morgan fingerprint density at radius 3 is 2.37 bits per heavy atom. The fourth-order valence-electron chi connectivity index (χ4n) is 2.57. The molecule has 2 saturated heterocycles. The van der Waals surface area contributed by atoms with E-state index in [-0.39, 0.29) is 0 Å². The molecule has 6 heteroatoms. The highest BCUT2D eigenvalue weighted by Gasteiger charge is 2.22. The van der Waals surface area contributed by atoms with Gasteiger partial charge in [0.1, 0.15) is 5.82 Å². The van der Waals surface area contributed by atoms with Crippen LogP contribution in [0.1, 0.15) is 18.5 Å². The van der Waals surface area contributed by atoms with E-state index in [4.69, 9.17) is 9.72 Å². The molecule has 19 heavy (non-hydrogen) atoms. The molecule has 0 aliphatic carbocycles. The summed E-state index contributed by atoms with van der Waals surface area (Å²) in [6.07, 6.45) is 2.48. The lowest BCUT2D eigenvalue weighted by atomic mass is 10.3. The van der Waals surface area contributed by atoms with Crippen molar-refractivity contribution in [2.24, 2.45) is 0 Å².